The second-order valence-electron chi connectivity index (χ2n) is 9.11. The van der Waals surface area contributed by atoms with E-state index in [0.29, 0.717) is 55.1 Å². The normalized spacial score (nSPS) is 16.2. The van der Waals surface area contributed by atoms with Gasteiger partial charge in [0.15, 0.2) is 0 Å². The van der Waals surface area contributed by atoms with Crippen LogP contribution in [0.4, 0.5) is 9.18 Å². The van der Waals surface area contributed by atoms with Gasteiger partial charge in [0.1, 0.15) is 17.3 Å². The summed E-state index contributed by atoms with van der Waals surface area (Å²) in [5.74, 6) is -0.361. The number of ether oxygens (including phenoxy) is 2. The Hall–Kier alpha value is -2.72. The van der Waals surface area contributed by atoms with E-state index < -0.39 is 17.5 Å². The van der Waals surface area contributed by atoms with Crippen molar-refractivity contribution in [2.45, 2.75) is 52.7 Å². The number of carbonyl (C=O) groups is 2. The fourth-order valence-corrected chi connectivity index (χ4v) is 4.07. The molecule has 3 rings (SSSR count). The van der Waals surface area contributed by atoms with Crippen LogP contribution in [0.25, 0.3) is 11.0 Å². The zero-order valence-electron chi connectivity index (χ0n) is 21.9. The Morgan fingerprint density at radius 3 is 2.61 bits per heavy atom. The molecule has 0 spiro atoms. The number of alkyl carbamates (subject to hydrolysis) is 1. The molecule has 0 saturated carbocycles. The number of hydrogen-bond donors (Lipinski definition) is 1. The van der Waals surface area contributed by atoms with E-state index in [0.717, 1.165) is 0 Å². The molecule has 9 nitrogen and oxygen atoms in total. The van der Waals surface area contributed by atoms with Gasteiger partial charge in [-0.25, -0.2) is 14.2 Å². The smallest absolute Gasteiger partial charge is 0.407 e. The van der Waals surface area contributed by atoms with Gasteiger partial charge in [0.25, 0.3) is 0 Å². The van der Waals surface area contributed by atoms with Gasteiger partial charge in [-0.05, 0) is 33.3 Å². The van der Waals surface area contributed by atoms with Crippen molar-refractivity contribution in [2.24, 2.45) is 0 Å². The molecule has 1 fully saturated rings. The van der Waals surface area contributed by atoms with Crippen LogP contribution < -0.4 is 10.1 Å². The number of alkyl halides is 1. The first-order valence-electron chi connectivity index (χ1n) is 12.1. The van der Waals surface area contributed by atoms with Crippen molar-refractivity contribution < 1.29 is 23.5 Å². The maximum atomic E-state index is 14.7. The molecule has 1 aliphatic heterocycles. The number of halogens is 2. The van der Waals surface area contributed by atoms with Gasteiger partial charge >= 0.3 is 6.09 Å². The molecule has 2 aromatic rings. The van der Waals surface area contributed by atoms with Gasteiger partial charge in [-0.2, -0.15) is 0 Å². The van der Waals surface area contributed by atoms with Crippen molar-refractivity contribution in [3.05, 3.63) is 29.7 Å². The van der Waals surface area contributed by atoms with Gasteiger partial charge in [-0.15, -0.1) is 11.6 Å². The standard InChI is InChI=1S/C23H31ClFN5O4.C2H6/c1-23(2,3)34-22(32)27-12-15-14-29(9-10-30(15)20(31)11-24)8-7-16-17(25)13-26-18-5-6-19(33-4)28-21(16)18;1-2/h5-6,13,15H,7-12,14H2,1-4H3,(H,27,32);1-2H3. The van der Waals surface area contributed by atoms with Crippen molar-refractivity contribution in [1.82, 2.24) is 25.1 Å². The molecule has 1 unspecified atom stereocenters. The topological polar surface area (TPSA) is 96.9 Å². The van der Waals surface area contributed by atoms with Crippen LogP contribution in [0.2, 0.25) is 0 Å². The van der Waals surface area contributed by atoms with Gasteiger partial charge in [0.2, 0.25) is 11.8 Å². The third-order valence-electron chi connectivity index (χ3n) is 5.51. The highest BCUT2D eigenvalue weighted by atomic mass is 35.5. The minimum atomic E-state index is -0.623. The second kappa shape index (κ2) is 13.5. The number of nitrogens with one attached hydrogen (secondary N) is 1. The third-order valence-corrected chi connectivity index (χ3v) is 5.74. The van der Waals surface area contributed by atoms with Crippen LogP contribution in [0.1, 0.15) is 40.2 Å². The number of aromatic nitrogens is 2. The Morgan fingerprint density at radius 2 is 1.97 bits per heavy atom. The average molecular weight is 526 g/mol. The predicted octanol–water partition coefficient (Wildman–Crippen LogP) is 3.62. The number of methoxy groups -OCH3 is 1. The van der Waals surface area contributed by atoms with Crippen LogP contribution in [0, 0.1) is 5.82 Å². The lowest BCUT2D eigenvalue weighted by atomic mass is 10.1. The SMILES string of the molecule is CC.COc1ccc2ncc(F)c(CCN3CCN(C(=O)CCl)C(CNC(=O)OC(C)(C)C)C3)c2n1. The Kier molecular flexibility index (Phi) is 11.1. The zero-order valence-corrected chi connectivity index (χ0v) is 22.7. The van der Waals surface area contributed by atoms with E-state index in [2.05, 4.69) is 20.2 Å². The van der Waals surface area contributed by atoms with Crippen molar-refractivity contribution in [2.75, 3.05) is 45.7 Å². The lowest BCUT2D eigenvalue weighted by Crippen LogP contribution is -2.59. The molecule has 1 saturated heterocycles. The third kappa shape index (κ3) is 8.16. The summed E-state index contributed by atoms with van der Waals surface area (Å²) in [6.07, 6.45) is 1.06. The van der Waals surface area contributed by atoms with E-state index in [1.165, 1.54) is 13.3 Å². The summed E-state index contributed by atoms with van der Waals surface area (Å²) in [7, 11) is 1.51. The van der Waals surface area contributed by atoms with Gasteiger partial charge in [-0.3, -0.25) is 14.7 Å². The summed E-state index contributed by atoms with van der Waals surface area (Å²) in [6, 6.07) is 3.15. The van der Waals surface area contributed by atoms with Crippen molar-refractivity contribution >= 4 is 34.6 Å². The maximum absolute atomic E-state index is 14.7. The summed E-state index contributed by atoms with van der Waals surface area (Å²) in [4.78, 5) is 36.8. The van der Waals surface area contributed by atoms with Crippen molar-refractivity contribution in [3.8, 4) is 5.88 Å². The summed E-state index contributed by atoms with van der Waals surface area (Å²) < 4.78 is 25.1. The number of pyridine rings is 2. The molecule has 1 N–H and O–H groups in total. The minimum absolute atomic E-state index is 0.134. The van der Waals surface area contributed by atoms with E-state index in [1.807, 2.05) is 13.8 Å². The lowest BCUT2D eigenvalue weighted by Gasteiger charge is -2.41. The molecule has 0 aliphatic carbocycles. The number of fused-ring (bicyclic) bond motifs is 1. The number of nitrogens with zero attached hydrogens (tertiary/aromatic N) is 4. The predicted molar refractivity (Wildman–Crippen MR) is 138 cm³/mol. The summed E-state index contributed by atoms with van der Waals surface area (Å²) in [5.41, 5.74) is 0.904. The molecule has 1 aliphatic rings. The Morgan fingerprint density at radius 1 is 1.25 bits per heavy atom. The summed E-state index contributed by atoms with van der Waals surface area (Å²) in [5, 5.41) is 2.74. The molecule has 1 atom stereocenters. The molecule has 0 bridgehead atoms. The molecule has 3 heterocycles. The number of hydrogen-bond acceptors (Lipinski definition) is 7. The van der Waals surface area contributed by atoms with E-state index in [9.17, 15) is 14.0 Å². The van der Waals surface area contributed by atoms with Crippen LogP contribution >= 0.6 is 11.6 Å². The Labute approximate surface area is 217 Å². The maximum Gasteiger partial charge on any atom is 0.407 e. The monoisotopic (exact) mass is 525 g/mol. The molecular weight excluding hydrogens is 489 g/mol. The second-order valence-corrected chi connectivity index (χ2v) is 9.38. The molecule has 2 aromatic heterocycles. The van der Waals surface area contributed by atoms with Crippen LogP contribution in [-0.4, -0.2) is 89.1 Å². The number of piperazine rings is 1. The quantitative estimate of drug-likeness (QED) is 0.551. The van der Waals surface area contributed by atoms with Crippen molar-refractivity contribution in [3.63, 3.8) is 0 Å². The van der Waals surface area contributed by atoms with Gasteiger partial charge in [0.05, 0.1) is 30.4 Å². The summed E-state index contributed by atoms with van der Waals surface area (Å²) >= 11 is 5.79. The molecule has 11 heteroatoms. The van der Waals surface area contributed by atoms with Crippen LogP contribution in [0.15, 0.2) is 18.3 Å². The van der Waals surface area contributed by atoms with Gasteiger partial charge in [-0.1, -0.05) is 13.8 Å². The first-order chi connectivity index (χ1) is 17.1. The van der Waals surface area contributed by atoms with E-state index in [4.69, 9.17) is 21.1 Å². The van der Waals surface area contributed by atoms with E-state index >= 15 is 0 Å². The van der Waals surface area contributed by atoms with Crippen LogP contribution in [-0.2, 0) is 16.0 Å². The van der Waals surface area contributed by atoms with E-state index in [-0.39, 0.29) is 24.4 Å². The van der Waals surface area contributed by atoms with E-state index in [1.54, 1.807) is 37.8 Å². The molecule has 36 heavy (non-hydrogen) atoms. The largest absolute Gasteiger partial charge is 0.481 e. The highest BCUT2D eigenvalue weighted by Gasteiger charge is 2.31. The van der Waals surface area contributed by atoms with Crippen molar-refractivity contribution in [1.29, 1.82) is 0 Å². The molecular formula is C25H37ClFN5O4. The highest BCUT2D eigenvalue weighted by molar-refractivity contribution is 6.27. The van der Waals surface area contributed by atoms with Gasteiger partial charge in [0, 0.05) is 44.4 Å². The molecule has 200 valence electrons. The fourth-order valence-electron chi connectivity index (χ4n) is 3.92. The van der Waals surface area contributed by atoms with Crippen LogP contribution in [0.3, 0.4) is 0 Å². The Bertz CT molecular complexity index is 1030. The average Bonchev–Trinajstić information content (AvgIpc) is 2.86. The number of carbonyl (C=O) groups excluding carboxylic acids is 2. The fraction of sp³-hybridized carbons (Fsp3) is 0.600. The number of amides is 2. The molecule has 0 radical (unpaired) electrons. The highest BCUT2D eigenvalue weighted by Crippen LogP contribution is 2.22. The zero-order chi connectivity index (χ0) is 26.9. The molecule has 0 aromatic carbocycles. The first kappa shape index (κ1) is 29.5. The molecule has 2 amide bonds. The minimum Gasteiger partial charge on any atom is -0.481 e. The first-order valence-corrected chi connectivity index (χ1v) is 12.7. The number of rotatable bonds is 7. The van der Waals surface area contributed by atoms with Crippen LogP contribution in [0.5, 0.6) is 5.88 Å². The Balaban J connectivity index is 0.00000222. The lowest BCUT2D eigenvalue weighted by molar-refractivity contribution is -0.133. The summed E-state index contributed by atoms with van der Waals surface area (Å²) in [6.45, 7) is 11.7. The van der Waals surface area contributed by atoms with Gasteiger partial charge < -0.3 is 19.7 Å².